The Kier molecular flexibility index (Phi) is 4.93. The van der Waals surface area contributed by atoms with Crippen molar-refractivity contribution in [1.82, 2.24) is 0 Å². The molecule has 0 spiro atoms. The van der Waals surface area contributed by atoms with E-state index >= 15 is 0 Å². The van der Waals surface area contributed by atoms with Crippen LogP contribution < -0.4 is 10.1 Å². The molecular formula is C16H15NO4. The number of benzene rings is 2. The van der Waals surface area contributed by atoms with Crippen LogP contribution in [0.25, 0.3) is 0 Å². The zero-order valence-electron chi connectivity index (χ0n) is 11.3. The van der Waals surface area contributed by atoms with Crippen LogP contribution in [-0.2, 0) is 4.79 Å². The van der Waals surface area contributed by atoms with Gasteiger partial charge in [0.25, 0.3) is 0 Å². The summed E-state index contributed by atoms with van der Waals surface area (Å²) >= 11 is 0. The molecule has 0 fully saturated rings. The van der Waals surface area contributed by atoms with E-state index in [1.165, 1.54) is 12.1 Å². The number of carboxylic acids is 1. The summed E-state index contributed by atoms with van der Waals surface area (Å²) in [7, 11) is 0. The minimum absolute atomic E-state index is 0.181. The number of carboxylic acid groups (broad SMARTS) is 1. The minimum atomic E-state index is -0.996. The molecule has 0 unspecified atom stereocenters. The van der Waals surface area contributed by atoms with E-state index in [1.807, 2.05) is 30.3 Å². The molecule has 2 N–H and O–H groups in total. The van der Waals surface area contributed by atoms with Crippen molar-refractivity contribution in [2.45, 2.75) is 6.42 Å². The van der Waals surface area contributed by atoms with Gasteiger partial charge >= 0.3 is 5.97 Å². The topological polar surface area (TPSA) is 75.6 Å². The Labute approximate surface area is 122 Å². The Hall–Kier alpha value is -2.82. The summed E-state index contributed by atoms with van der Waals surface area (Å²) in [6, 6.07) is 15.2. The number of aromatic carboxylic acids is 1. The fourth-order valence-corrected chi connectivity index (χ4v) is 1.70. The molecular weight excluding hydrogens is 270 g/mol. The molecule has 0 bridgehead atoms. The van der Waals surface area contributed by atoms with Gasteiger partial charge in [-0.3, -0.25) is 4.79 Å². The highest BCUT2D eigenvalue weighted by Gasteiger charge is 2.05. The summed E-state index contributed by atoms with van der Waals surface area (Å²) in [4.78, 5) is 22.4. The number of carbonyl (C=O) groups excluding carboxylic acids is 1. The monoisotopic (exact) mass is 285 g/mol. The van der Waals surface area contributed by atoms with Crippen LogP contribution in [0.2, 0.25) is 0 Å². The van der Waals surface area contributed by atoms with E-state index in [9.17, 15) is 9.59 Å². The maximum absolute atomic E-state index is 11.7. The SMILES string of the molecule is O=C(CCOc1ccccc1)Nc1ccc(C(=O)O)cc1. The third-order valence-electron chi connectivity index (χ3n) is 2.76. The average molecular weight is 285 g/mol. The highest BCUT2D eigenvalue weighted by atomic mass is 16.5. The second-order valence-corrected chi connectivity index (χ2v) is 4.34. The number of hydrogen-bond donors (Lipinski definition) is 2. The molecule has 0 aromatic heterocycles. The van der Waals surface area contributed by atoms with Gasteiger partial charge in [-0.1, -0.05) is 18.2 Å². The van der Waals surface area contributed by atoms with E-state index in [2.05, 4.69) is 5.32 Å². The number of rotatable bonds is 6. The molecule has 0 radical (unpaired) electrons. The van der Waals surface area contributed by atoms with Crippen LogP contribution in [0.1, 0.15) is 16.8 Å². The van der Waals surface area contributed by atoms with Gasteiger partial charge in [-0.15, -0.1) is 0 Å². The number of nitrogens with one attached hydrogen (secondary N) is 1. The Bertz CT molecular complexity index is 608. The predicted molar refractivity (Wildman–Crippen MR) is 78.6 cm³/mol. The molecule has 0 aliphatic rings. The minimum Gasteiger partial charge on any atom is -0.493 e. The Morgan fingerprint density at radius 1 is 1.00 bits per heavy atom. The lowest BCUT2D eigenvalue weighted by molar-refractivity contribution is -0.116. The molecule has 0 aliphatic carbocycles. The molecule has 5 heteroatoms. The first-order valence-electron chi connectivity index (χ1n) is 6.46. The maximum Gasteiger partial charge on any atom is 0.335 e. The quantitative estimate of drug-likeness (QED) is 0.855. The number of para-hydroxylation sites is 1. The van der Waals surface area contributed by atoms with Gasteiger partial charge in [-0.25, -0.2) is 4.79 Å². The molecule has 2 rings (SSSR count). The highest BCUT2D eigenvalue weighted by molar-refractivity contribution is 5.92. The van der Waals surface area contributed by atoms with E-state index in [0.717, 1.165) is 5.75 Å². The summed E-state index contributed by atoms with van der Waals surface area (Å²) < 4.78 is 5.43. The molecule has 2 aromatic rings. The second kappa shape index (κ2) is 7.09. The summed E-state index contributed by atoms with van der Waals surface area (Å²) in [5.74, 6) is -0.464. The van der Waals surface area contributed by atoms with Crippen LogP contribution in [0.15, 0.2) is 54.6 Å². The third-order valence-corrected chi connectivity index (χ3v) is 2.76. The van der Waals surface area contributed by atoms with Crippen molar-refractivity contribution in [2.24, 2.45) is 0 Å². The van der Waals surface area contributed by atoms with Crippen LogP contribution in [0, 0.1) is 0 Å². The number of carbonyl (C=O) groups is 2. The Morgan fingerprint density at radius 2 is 1.67 bits per heavy atom. The zero-order valence-corrected chi connectivity index (χ0v) is 11.3. The van der Waals surface area contributed by atoms with Crippen molar-refractivity contribution in [3.05, 3.63) is 60.2 Å². The third kappa shape index (κ3) is 4.65. The first kappa shape index (κ1) is 14.6. The second-order valence-electron chi connectivity index (χ2n) is 4.34. The van der Waals surface area contributed by atoms with Crippen LogP contribution in [0.5, 0.6) is 5.75 Å². The van der Waals surface area contributed by atoms with Crippen LogP contribution >= 0.6 is 0 Å². The van der Waals surface area contributed by atoms with Gasteiger partial charge in [-0.2, -0.15) is 0 Å². The van der Waals surface area contributed by atoms with Gasteiger partial charge < -0.3 is 15.2 Å². The van der Waals surface area contributed by atoms with Crippen molar-refractivity contribution in [3.8, 4) is 5.75 Å². The van der Waals surface area contributed by atoms with E-state index in [-0.39, 0.29) is 24.5 Å². The molecule has 0 saturated carbocycles. The van der Waals surface area contributed by atoms with Gasteiger partial charge in [0, 0.05) is 5.69 Å². The van der Waals surface area contributed by atoms with E-state index in [1.54, 1.807) is 12.1 Å². The number of hydrogen-bond acceptors (Lipinski definition) is 3. The van der Waals surface area contributed by atoms with E-state index < -0.39 is 5.97 Å². The summed E-state index contributed by atoms with van der Waals surface area (Å²) in [6.07, 6.45) is 0.218. The van der Waals surface area contributed by atoms with Crippen LogP contribution in [-0.4, -0.2) is 23.6 Å². The first-order chi connectivity index (χ1) is 10.1. The standard InChI is InChI=1S/C16H15NO4/c18-15(10-11-21-14-4-2-1-3-5-14)17-13-8-6-12(7-9-13)16(19)20/h1-9H,10-11H2,(H,17,18)(H,19,20). The molecule has 108 valence electrons. The highest BCUT2D eigenvalue weighted by Crippen LogP contribution is 2.11. The Morgan fingerprint density at radius 3 is 2.29 bits per heavy atom. The van der Waals surface area contributed by atoms with Crippen LogP contribution in [0.4, 0.5) is 5.69 Å². The molecule has 0 saturated heterocycles. The first-order valence-corrected chi connectivity index (χ1v) is 6.46. The normalized spacial score (nSPS) is 9.90. The molecule has 0 atom stereocenters. The van der Waals surface area contributed by atoms with Crippen molar-refractivity contribution >= 4 is 17.6 Å². The van der Waals surface area contributed by atoms with E-state index in [4.69, 9.17) is 9.84 Å². The lowest BCUT2D eigenvalue weighted by atomic mass is 10.2. The molecule has 5 nitrogen and oxygen atoms in total. The number of ether oxygens (including phenoxy) is 1. The zero-order chi connectivity index (χ0) is 15.1. The van der Waals surface area contributed by atoms with Gasteiger partial charge in [0.1, 0.15) is 5.75 Å². The average Bonchev–Trinajstić information content (AvgIpc) is 2.49. The predicted octanol–water partition coefficient (Wildman–Crippen LogP) is 2.79. The molecule has 1 amide bonds. The van der Waals surface area contributed by atoms with Gasteiger partial charge in [-0.05, 0) is 36.4 Å². The van der Waals surface area contributed by atoms with Gasteiger partial charge in [0.15, 0.2) is 0 Å². The Balaban J connectivity index is 1.78. The van der Waals surface area contributed by atoms with Crippen LogP contribution in [0.3, 0.4) is 0 Å². The number of amides is 1. The fraction of sp³-hybridized carbons (Fsp3) is 0.125. The lowest BCUT2D eigenvalue weighted by Crippen LogP contribution is -2.15. The smallest absolute Gasteiger partial charge is 0.335 e. The fourth-order valence-electron chi connectivity index (χ4n) is 1.70. The van der Waals surface area contributed by atoms with Gasteiger partial charge in [0.2, 0.25) is 5.91 Å². The van der Waals surface area contributed by atoms with Gasteiger partial charge in [0.05, 0.1) is 18.6 Å². The number of anilines is 1. The molecule has 21 heavy (non-hydrogen) atoms. The molecule has 2 aromatic carbocycles. The van der Waals surface area contributed by atoms with Crippen molar-refractivity contribution in [2.75, 3.05) is 11.9 Å². The van der Waals surface area contributed by atoms with E-state index in [0.29, 0.717) is 5.69 Å². The van der Waals surface area contributed by atoms with Crippen molar-refractivity contribution in [1.29, 1.82) is 0 Å². The summed E-state index contributed by atoms with van der Waals surface area (Å²) in [6.45, 7) is 0.281. The summed E-state index contributed by atoms with van der Waals surface area (Å²) in [5.41, 5.74) is 0.741. The maximum atomic E-state index is 11.7. The summed E-state index contributed by atoms with van der Waals surface area (Å²) in [5, 5.41) is 11.5. The molecule has 0 heterocycles. The lowest BCUT2D eigenvalue weighted by Gasteiger charge is -2.07. The molecule has 0 aliphatic heterocycles. The van der Waals surface area contributed by atoms with Crippen molar-refractivity contribution in [3.63, 3.8) is 0 Å². The largest absolute Gasteiger partial charge is 0.493 e. The van der Waals surface area contributed by atoms with Crippen molar-refractivity contribution < 1.29 is 19.4 Å².